The molecule has 4 rings (SSSR count). The number of anilines is 2. The third kappa shape index (κ3) is 3.72. The Kier molecular flexibility index (Phi) is 5.28. The molecule has 0 unspecified atom stereocenters. The van der Waals surface area contributed by atoms with Gasteiger partial charge in [-0.15, -0.1) is 0 Å². The Morgan fingerprint density at radius 2 is 2.07 bits per heavy atom. The maximum absolute atomic E-state index is 13.0. The first-order valence-electron chi connectivity index (χ1n) is 10.0. The molecule has 2 aromatic rings. The number of piperidine rings is 1. The van der Waals surface area contributed by atoms with Crippen molar-refractivity contribution in [2.45, 2.75) is 45.1 Å². The number of pyridine rings is 1. The SMILES string of the molecule is Cc1cc(NC(=O)N2CCCC[C@H]2c2cccnc2)ccc1N1CCCC1=O. The van der Waals surface area contributed by atoms with Gasteiger partial charge in [-0.05, 0) is 68.0 Å². The van der Waals surface area contributed by atoms with Crippen LogP contribution in [0.4, 0.5) is 16.2 Å². The van der Waals surface area contributed by atoms with E-state index in [1.165, 1.54) is 0 Å². The number of amides is 3. The Labute approximate surface area is 165 Å². The van der Waals surface area contributed by atoms with Crippen LogP contribution in [0.5, 0.6) is 0 Å². The Bertz CT molecular complexity index is 868. The predicted molar refractivity (Wildman–Crippen MR) is 109 cm³/mol. The van der Waals surface area contributed by atoms with Crippen molar-refractivity contribution < 1.29 is 9.59 Å². The molecule has 3 heterocycles. The summed E-state index contributed by atoms with van der Waals surface area (Å²) in [6.07, 6.45) is 8.20. The van der Waals surface area contributed by atoms with Crippen LogP contribution in [0.3, 0.4) is 0 Å². The van der Waals surface area contributed by atoms with Gasteiger partial charge in [0.05, 0.1) is 6.04 Å². The lowest BCUT2D eigenvalue weighted by atomic mass is 9.97. The van der Waals surface area contributed by atoms with Gasteiger partial charge in [-0.2, -0.15) is 0 Å². The lowest BCUT2D eigenvalue weighted by Gasteiger charge is -2.36. The van der Waals surface area contributed by atoms with Crippen LogP contribution >= 0.6 is 0 Å². The first kappa shape index (κ1) is 18.5. The average molecular weight is 378 g/mol. The van der Waals surface area contributed by atoms with E-state index < -0.39 is 0 Å². The molecule has 2 saturated heterocycles. The van der Waals surface area contributed by atoms with Gasteiger partial charge in [0.15, 0.2) is 0 Å². The first-order chi connectivity index (χ1) is 13.6. The number of nitrogens with one attached hydrogen (secondary N) is 1. The van der Waals surface area contributed by atoms with E-state index in [2.05, 4.69) is 10.3 Å². The second kappa shape index (κ2) is 8.00. The smallest absolute Gasteiger partial charge is 0.317 e. The maximum Gasteiger partial charge on any atom is 0.322 e. The Balaban J connectivity index is 1.49. The summed E-state index contributed by atoms with van der Waals surface area (Å²) in [6.45, 7) is 3.49. The van der Waals surface area contributed by atoms with Crippen molar-refractivity contribution in [3.05, 3.63) is 53.9 Å². The highest BCUT2D eigenvalue weighted by Gasteiger charge is 2.28. The summed E-state index contributed by atoms with van der Waals surface area (Å²) >= 11 is 0. The number of carbonyl (C=O) groups excluding carboxylic acids is 2. The third-order valence-electron chi connectivity index (χ3n) is 5.65. The van der Waals surface area contributed by atoms with E-state index in [9.17, 15) is 9.59 Å². The zero-order valence-corrected chi connectivity index (χ0v) is 16.2. The summed E-state index contributed by atoms with van der Waals surface area (Å²) in [7, 11) is 0. The Hall–Kier alpha value is -2.89. The van der Waals surface area contributed by atoms with E-state index in [1.807, 2.05) is 53.3 Å². The molecule has 2 fully saturated rings. The number of aromatic nitrogens is 1. The maximum atomic E-state index is 13.0. The number of benzene rings is 1. The number of likely N-dealkylation sites (tertiary alicyclic amines) is 1. The van der Waals surface area contributed by atoms with Crippen molar-refractivity contribution in [1.29, 1.82) is 0 Å². The highest BCUT2D eigenvalue weighted by molar-refractivity contribution is 5.97. The second-order valence-corrected chi connectivity index (χ2v) is 7.57. The van der Waals surface area contributed by atoms with E-state index in [-0.39, 0.29) is 18.0 Å². The van der Waals surface area contributed by atoms with Crippen molar-refractivity contribution in [3.63, 3.8) is 0 Å². The summed E-state index contributed by atoms with van der Waals surface area (Å²) in [4.78, 5) is 33.0. The van der Waals surface area contributed by atoms with Crippen LogP contribution in [0, 0.1) is 6.92 Å². The predicted octanol–water partition coefficient (Wildman–Crippen LogP) is 4.28. The van der Waals surface area contributed by atoms with Crippen LogP contribution in [0.1, 0.15) is 49.3 Å². The van der Waals surface area contributed by atoms with Gasteiger partial charge < -0.3 is 15.1 Å². The molecule has 2 aliphatic heterocycles. The number of hydrogen-bond acceptors (Lipinski definition) is 3. The van der Waals surface area contributed by atoms with Gasteiger partial charge >= 0.3 is 6.03 Å². The number of rotatable bonds is 3. The van der Waals surface area contributed by atoms with Gasteiger partial charge in [0.25, 0.3) is 0 Å². The monoisotopic (exact) mass is 378 g/mol. The standard InChI is InChI=1S/C22H26N4O2/c1-16-14-18(9-10-19(16)25-13-5-8-21(25)27)24-22(28)26-12-3-2-7-20(26)17-6-4-11-23-15-17/h4,6,9-11,14-15,20H,2-3,5,7-8,12-13H2,1H3,(H,24,28)/t20-/m0/s1. The number of hydrogen-bond donors (Lipinski definition) is 1. The van der Waals surface area contributed by atoms with Gasteiger partial charge in [0.2, 0.25) is 5.91 Å². The van der Waals surface area contributed by atoms with Gasteiger partial charge in [0, 0.05) is 43.3 Å². The summed E-state index contributed by atoms with van der Waals surface area (Å²) in [5.74, 6) is 0.174. The Morgan fingerprint density at radius 1 is 1.18 bits per heavy atom. The molecule has 146 valence electrons. The number of nitrogens with zero attached hydrogens (tertiary/aromatic N) is 3. The fourth-order valence-electron chi connectivity index (χ4n) is 4.23. The minimum Gasteiger partial charge on any atom is -0.317 e. The second-order valence-electron chi connectivity index (χ2n) is 7.57. The largest absolute Gasteiger partial charge is 0.322 e. The molecule has 3 amide bonds. The van der Waals surface area contributed by atoms with Crippen LogP contribution in [0.2, 0.25) is 0 Å². The molecule has 1 atom stereocenters. The summed E-state index contributed by atoms with van der Waals surface area (Å²) in [6, 6.07) is 9.69. The quantitative estimate of drug-likeness (QED) is 0.867. The van der Waals surface area contributed by atoms with Crippen molar-refractivity contribution in [2.24, 2.45) is 0 Å². The van der Waals surface area contributed by atoms with Crippen molar-refractivity contribution in [2.75, 3.05) is 23.3 Å². The highest BCUT2D eigenvalue weighted by Crippen LogP contribution is 2.32. The van der Waals surface area contributed by atoms with E-state index in [4.69, 9.17) is 0 Å². The number of urea groups is 1. The van der Waals surface area contributed by atoms with Gasteiger partial charge in [-0.3, -0.25) is 9.78 Å². The van der Waals surface area contributed by atoms with Gasteiger partial charge in [0.1, 0.15) is 0 Å². The molecular formula is C22H26N4O2. The number of carbonyl (C=O) groups is 2. The Morgan fingerprint density at radius 3 is 2.79 bits per heavy atom. The molecule has 0 spiro atoms. The van der Waals surface area contributed by atoms with Crippen molar-refractivity contribution in [3.8, 4) is 0 Å². The molecule has 1 aromatic heterocycles. The fourth-order valence-corrected chi connectivity index (χ4v) is 4.23. The molecule has 1 aromatic carbocycles. The topological polar surface area (TPSA) is 65.5 Å². The summed E-state index contributed by atoms with van der Waals surface area (Å²) < 4.78 is 0. The molecule has 0 saturated carbocycles. The minimum absolute atomic E-state index is 0.0602. The van der Waals surface area contributed by atoms with Crippen LogP contribution in [0.25, 0.3) is 0 Å². The van der Waals surface area contributed by atoms with Crippen LogP contribution < -0.4 is 10.2 Å². The summed E-state index contributed by atoms with van der Waals surface area (Å²) in [5, 5.41) is 3.04. The lowest BCUT2D eigenvalue weighted by molar-refractivity contribution is -0.117. The molecule has 0 radical (unpaired) electrons. The molecule has 6 nitrogen and oxygen atoms in total. The molecule has 1 N–H and O–H groups in total. The molecule has 28 heavy (non-hydrogen) atoms. The highest BCUT2D eigenvalue weighted by atomic mass is 16.2. The third-order valence-corrected chi connectivity index (χ3v) is 5.65. The van der Waals surface area contributed by atoms with E-state index in [1.54, 1.807) is 6.20 Å². The minimum atomic E-state index is -0.0852. The lowest BCUT2D eigenvalue weighted by Crippen LogP contribution is -2.41. The molecule has 2 aliphatic rings. The average Bonchev–Trinajstić information content (AvgIpc) is 3.14. The fraction of sp³-hybridized carbons (Fsp3) is 0.409. The van der Waals surface area contributed by atoms with E-state index in [0.717, 1.165) is 61.3 Å². The zero-order valence-electron chi connectivity index (χ0n) is 16.2. The first-order valence-corrected chi connectivity index (χ1v) is 10.0. The molecular weight excluding hydrogens is 352 g/mol. The van der Waals surface area contributed by atoms with Crippen LogP contribution in [-0.4, -0.2) is 34.9 Å². The zero-order chi connectivity index (χ0) is 19.5. The molecule has 6 heteroatoms. The van der Waals surface area contributed by atoms with Crippen molar-refractivity contribution >= 4 is 23.3 Å². The van der Waals surface area contributed by atoms with Crippen molar-refractivity contribution in [1.82, 2.24) is 9.88 Å². The van der Waals surface area contributed by atoms with E-state index >= 15 is 0 Å². The normalized spacial score (nSPS) is 19.8. The number of aryl methyl sites for hydroxylation is 1. The van der Waals surface area contributed by atoms with E-state index in [0.29, 0.717) is 6.42 Å². The van der Waals surface area contributed by atoms with Gasteiger partial charge in [-0.25, -0.2) is 4.79 Å². The van der Waals surface area contributed by atoms with Crippen LogP contribution in [-0.2, 0) is 4.79 Å². The summed E-state index contributed by atoms with van der Waals surface area (Å²) in [5.41, 5.74) is 3.77. The van der Waals surface area contributed by atoms with Gasteiger partial charge in [-0.1, -0.05) is 6.07 Å². The molecule has 0 bridgehead atoms. The van der Waals surface area contributed by atoms with Crippen LogP contribution in [0.15, 0.2) is 42.7 Å². The molecule has 0 aliphatic carbocycles.